The van der Waals surface area contributed by atoms with E-state index in [1.54, 1.807) is 18.2 Å². The van der Waals surface area contributed by atoms with Crippen LogP contribution in [0.1, 0.15) is 22.3 Å². The molecular weight excluding hydrogens is 405 g/mol. The van der Waals surface area contributed by atoms with Crippen LogP contribution < -0.4 is 10.2 Å². The average Bonchev–Trinajstić information content (AvgIpc) is 3.05. The van der Waals surface area contributed by atoms with E-state index < -0.39 is 6.03 Å². The van der Waals surface area contributed by atoms with Gasteiger partial charge < -0.3 is 10.2 Å². The molecule has 1 heterocycles. The van der Waals surface area contributed by atoms with Crippen molar-refractivity contribution in [3.05, 3.63) is 93.0 Å². The Labute approximate surface area is 179 Å². The maximum absolute atomic E-state index is 12.7. The second-order valence-corrected chi connectivity index (χ2v) is 7.82. The number of benzene rings is 3. The lowest BCUT2D eigenvalue weighted by molar-refractivity contribution is 0.259. The Morgan fingerprint density at radius 2 is 1.76 bits per heavy atom. The Morgan fingerprint density at radius 1 is 0.966 bits per heavy atom. The second kappa shape index (κ2) is 7.90. The quantitative estimate of drug-likeness (QED) is 0.503. The largest absolute Gasteiger partial charge is 0.347 e. The van der Waals surface area contributed by atoms with Gasteiger partial charge in [-0.05, 0) is 60.9 Å². The van der Waals surface area contributed by atoms with Gasteiger partial charge in [0.25, 0.3) is 0 Å². The molecule has 0 unspecified atom stereocenters. The van der Waals surface area contributed by atoms with Gasteiger partial charge in [0.15, 0.2) is 0 Å². The predicted molar refractivity (Wildman–Crippen MR) is 121 cm³/mol. The first-order valence-corrected chi connectivity index (χ1v) is 9.96. The average molecular weight is 424 g/mol. The third-order valence-electron chi connectivity index (χ3n) is 5.02. The molecule has 0 saturated carbocycles. The van der Waals surface area contributed by atoms with Crippen LogP contribution in [0.25, 0.3) is 0 Å². The van der Waals surface area contributed by atoms with Crippen molar-refractivity contribution in [3.8, 4) is 0 Å². The zero-order valence-corrected chi connectivity index (χ0v) is 17.6. The van der Waals surface area contributed by atoms with Gasteiger partial charge in [0.2, 0.25) is 0 Å². The molecule has 3 aromatic carbocycles. The van der Waals surface area contributed by atoms with Gasteiger partial charge in [-0.25, -0.2) is 4.79 Å². The van der Waals surface area contributed by atoms with Crippen LogP contribution in [0.5, 0.6) is 0 Å². The molecule has 0 atom stereocenters. The number of carbonyl (C=O) groups is 1. The maximum atomic E-state index is 12.7. The molecule has 0 aromatic heterocycles. The van der Waals surface area contributed by atoms with Crippen LogP contribution in [0, 0.1) is 13.8 Å². The Morgan fingerprint density at radius 3 is 2.52 bits per heavy atom. The van der Waals surface area contributed by atoms with E-state index >= 15 is 0 Å². The minimum atomic E-state index is -0.469. The number of rotatable bonds is 2. The lowest BCUT2D eigenvalue weighted by atomic mass is 10.1. The van der Waals surface area contributed by atoms with E-state index in [0.29, 0.717) is 28.1 Å². The predicted octanol–water partition coefficient (Wildman–Crippen LogP) is 6.61. The van der Waals surface area contributed by atoms with Crippen molar-refractivity contribution in [3.63, 3.8) is 0 Å². The number of aryl methyl sites for hydroxylation is 2. The van der Waals surface area contributed by atoms with Gasteiger partial charge in [-0.3, -0.25) is 0 Å². The maximum Gasteiger partial charge on any atom is 0.347 e. The number of halogens is 2. The van der Waals surface area contributed by atoms with Crippen LogP contribution >= 0.6 is 23.2 Å². The van der Waals surface area contributed by atoms with Crippen molar-refractivity contribution >= 4 is 46.4 Å². The third-order valence-corrected chi connectivity index (χ3v) is 5.76. The number of hydrogen-bond acceptors (Lipinski definition) is 1. The SMILES string of the molecule is Cc1ccc(N2Cc3ccccc3C2=NC(=O)Nc2ccc(Cl)c(Cl)c2)cc1C. The molecule has 0 fully saturated rings. The summed E-state index contributed by atoms with van der Waals surface area (Å²) in [5.74, 6) is 0.626. The summed E-state index contributed by atoms with van der Waals surface area (Å²) < 4.78 is 0. The summed E-state index contributed by atoms with van der Waals surface area (Å²) in [5.41, 5.74) is 6.05. The van der Waals surface area contributed by atoms with E-state index in [1.165, 1.54) is 11.1 Å². The first-order valence-electron chi connectivity index (χ1n) is 9.20. The fourth-order valence-electron chi connectivity index (χ4n) is 3.32. The number of fused-ring (bicyclic) bond motifs is 1. The lowest BCUT2D eigenvalue weighted by Gasteiger charge is -2.20. The minimum absolute atomic E-state index is 0.375. The van der Waals surface area contributed by atoms with Gasteiger partial charge in [-0.1, -0.05) is 53.5 Å². The molecule has 4 nitrogen and oxygen atoms in total. The number of aliphatic imine (C=N–C) groups is 1. The van der Waals surface area contributed by atoms with Gasteiger partial charge in [-0.15, -0.1) is 0 Å². The number of urea groups is 1. The Kier molecular flexibility index (Phi) is 5.31. The minimum Gasteiger partial charge on any atom is -0.321 e. The molecule has 1 aliphatic rings. The molecule has 0 aliphatic carbocycles. The van der Waals surface area contributed by atoms with E-state index in [2.05, 4.69) is 53.3 Å². The monoisotopic (exact) mass is 423 g/mol. The molecule has 146 valence electrons. The van der Waals surface area contributed by atoms with Crippen LogP contribution in [0.3, 0.4) is 0 Å². The number of amidine groups is 1. The highest BCUT2D eigenvalue weighted by atomic mass is 35.5. The van der Waals surface area contributed by atoms with Gasteiger partial charge >= 0.3 is 6.03 Å². The van der Waals surface area contributed by atoms with Crippen LogP contribution in [-0.2, 0) is 6.54 Å². The van der Waals surface area contributed by atoms with Gasteiger partial charge in [0.05, 0.1) is 16.6 Å². The van der Waals surface area contributed by atoms with Gasteiger partial charge in [0.1, 0.15) is 5.84 Å². The molecule has 6 heteroatoms. The molecule has 3 aromatic rings. The molecule has 0 bridgehead atoms. The highest BCUT2D eigenvalue weighted by Gasteiger charge is 2.27. The molecule has 1 N–H and O–H groups in total. The van der Waals surface area contributed by atoms with E-state index in [1.807, 2.05) is 18.2 Å². The highest BCUT2D eigenvalue weighted by molar-refractivity contribution is 6.42. The van der Waals surface area contributed by atoms with E-state index in [4.69, 9.17) is 23.2 Å². The molecule has 0 saturated heterocycles. The van der Waals surface area contributed by atoms with Crippen LogP contribution in [0.4, 0.5) is 16.2 Å². The van der Waals surface area contributed by atoms with Crippen molar-refractivity contribution in [1.82, 2.24) is 0 Å². The first kappa shape index (κ1) is 19.5. The van der Waals surface area contributed by atoms with E-state index in [-0.39, 0.29) is 0 Å². The summed E-state index contributed by atoms with van der Waals surface area (Å²) in [5, 5.41) is 3.57. The second-order valence-electron chi connectivity index (χ2n) is 7.01. The number of anilines is 2. The first-order chi connectivity index (χ1) is 13.9. The number of nitrogens with zero attached hydrogens (tertiary/aromatic N) is 2. The summed E-state index contributed by atoms with van der Waals surface area (Å²) in [6.45, 7) is 4.82. The molecule has 2 amide bonds. The van der Waals surface area contributed by atoms with Crippen molar-refractivity contribution in [1.29, 1.82) is 0 Å². The normalized spacial score (nSPS) is 14.2. The number of hydrogen-bond donors (Lipinski definition) is 1. The summed E-state index contributed by atoms with van der Waals surface area (Å²) in [4.78, 5) is 19.1. The van der Waals surface area contributed by atoms with Crippen molar-refractivity contribution in [2.75, 3.05) is 10.2 Å². The Bertz CT molecular complexity index is 1140. The lowest BCUT2D eigenvalue weighted by Crippen LogP contribution is -2.26. The smallest absolute Gasteiger partial charge is 0.321 e. The van der Waals surface area contributed by atoms with Gasteiger partial charge in [0, 0.05) is 16.9 Å². The molecular formula is C23H19Cl2N3O. The summed E-state index contributed by atoms with van der Waals surface area (Å²) in [7, 11) is 0. The van der Waals surface area contributed by atoms with Crippen LogP contribution in [0.15, 0.2) is 65.7 Å². The van der Waals surface area contributed by atoms with Crippen molar-refractivity contribution in [2.24, 2.45) is 4.99 Å². The van der Waals surface area contributed by atoms with Crippen molar-refractivity contribution in [2.45, 2.75) is 20.4 Å². The fourth-order valence-corrected chi connectivity index (χ4v) is 3.61. The topological polar surface area (TPSA) is 44.7 Å². The number of nitrogens with one attached hydrogen (secondary N) is 1. The van der Waals surface area contributed by atoms with Crippen molar-refractivity contribution < 1.29 is 4.79 Å². The fraction of sp³-hybridized carbons (Fsp3) is 0.130. The molecule has 4 rings (SSSR count). The Balaban J connectivity index is 1.69. The van der Waals surface area contributed by atoms with Crippen LogP contribution in [-0.4, -0.2) is 11.9 Å². The molecule has 0 spiro atoms. The molecule has 29 heavy (non-hydrogen) atoms. The zero-order valence-electron chi connectivity index (χ0n) is 16.0. The summed E-state index contributed by atoms with van der Waals surface area (Å²) >= 11 is 12.0. The number of carbonyl (C=O) groups excluding carboxylic acids is 1. The van der Waals surface area contributed by atoms with E-state index in [0.717, 1.165) is 16.8 Å². The zero-order chi connectivity index (χ0) is 20.5. The van der Waals surface area contributed by atoms with E-state index in [9.17, 15) is 4.79 Å². The number of amides is 2. The van der Waals surface area contributed by atoms with Crippen LogP contribution in [0.2, 0.25) is 10.0 Å². The Hall–Kier alpha value is -2.82. The standard InChI is InChI=1S/C23H19Cl2N3O/c1-14-7-9-18(11-15(14)2)28-13-16-5-3-4-6-19(16)22(28)27-23(29)26-17-8-10-20(24)21(25)12-17/h3-12H,13H2,1-2H3,(H,26,29). The molecule has 0 radical (unpaired) electrons. The highest BCUT2D eigenvalue weighted by Crippen LogP contribution is 2.30. The third kappa shape index (κ3) is 4.00. The molecule has 1 aliphatic heterocycles. The van der Waals surface area contributed by atoms with Gasteiger partial charge in [-0.2, -0.15) is 4.99 Å². The summed E-state index contributed by atoms with van der Waals surface area (Å²) in [6, 6.07) is 18.7. The summed E-state index contributed by atoms with van der Waals surface area (Å²) in [6.07, 6.45) is 0.